The molecule has 3 N–H and O–H groups in total. The third-order valence-corrected chi connectivity index (χ3v) is 2.51. The normalized spacial score (nSPS) is 12.1. The Balaban J connectivity index is 2.38. The zero-order valence-corrected chi connectivity index (χ0v) is 9.83. The third kappa shape index (κ3) is 4.08. The van der Waals surface area contributed by atoms with Crippen LogP contribution in [0.4, 0.5) is 4.79 Å². The second-order valence-electron chi connectivity index (χ2n) is 3.36. The second-order valence-corrected chi connectivity index (χ2v) is 3.77. The molecule has 1 amide bonds. The molecule has 0 saturated carbocycles. The maximum absolute atomic E-state index is 10.3. The van der Waals surface area contributed by atoms with Crippen LogP contribution in [-0.2, 0) is 4.74 Å². The number of hydrogen-bond acceptors (Lipinski definition) is 3. The summed E-state index contributed by atoms with van der Waals surface area (Å²) in [6, 6.07) is 7.71. The van der Waals surface area contributed by atoms with Crippen molar-refractivity contribution in [1.29, 1.82) is 0 Å². The Bertz CT molecular complexity index is 358. The lowest BCUT2D eigenvalue weighted by molar-refractivity contribution is 0.156. The fourth-order valence-electron chi connectivity index (χ4n) is 1.36. The number of carbonyl (C=O) groups is 1. The summed E-state index contributed by atoms with van der Waals surface area (Å²) in [5.41, 5.74) is 5.85. The lowest BCUT2D eigenvalue weighted by Crippen LogP contribution is -2.26. The van der Waals surface area contributed by atoms with Crippen molar-refractivity contribution in [2.24, 2.45) is 5.73 Å². The number of rotatable bonds is 5. The number of amides is 1. The first-order valence-electron chi connectivity index (χ1n) is 5.01. The number of benzene rings is 1. The lowest BCUT2D eigenvalue weighted by Gasteiger charge is -2.15. The smallest absolute Gasteiger partial charge is 0.404 e. The van der Waals surface area contributed by atoms with Gasteiger partial charge in [0.05, 0.1) is 0 Å². The maximum Gasteiger partial charge on any atom is 0.404 e. The van der Waals surface area contributed by atoms with Crippen molar-refractivity contribution in [3.8, 4) is 0 Å². The number of nitrogens with two attached hydrogens (primary N) is 1. The van der Waals surface area contributed by atoms with E-state index in [4.69, 9.17) is 17.3 Å². The van der Waals surface area contributed by atoms with Gasteiger partial charge in [0.2, 0.25) is 0 Å². The van der Waals surface area contributed by atoms with Crippen LogP contribution in [0.15, 0.2) is 24.3 Å². The van der Waals surface area contributed by atoms with Gasteiger partial charge in [-0.05, 0) is 18.6 Å². The molecule has 0 heterocycles. The molecular formula is C11H15ClN2O2. The fourth-order valence-corrected chi connectivity index (χ4v) is 1.66. The Kier molecular flexibility index (Phi) is 5.08. The highest BCUT2D eigenvalue weighted by Crippen LogP contribution is 2.21. The van der Waals surface area contributed by atoms with Crippen LogP contribution in [-0.4, -0.2) is 19.2 Å². The van der Waals surface area contributed by atoms with Gasteiger partial charge in [0, 0.05) is 17.6 Å². The Labute approximate surface area is 99.7 Å². The highest BCUT2D eigenvalue weighted by atomic mass is 35.5. The molecule has 4 nitrogen and oxygen atoms in total. The lowest BCUT2D eigenvalue weighted by atomic mass is 10.1. The third-order valence-electron chi connectivity index (χ3n) is 2.17. The fraction of sp³-hybridized carbons (Fsp3) is 0.364. The Morgan fingerprint density at radius 3 is 2.88 bits per heavy atom. The summed E-state index contributed by atoms with van der Waals surface area (Å²) in [6.07, 6.45) is -0.757. The van der Waals surface area contributed by atoms with Crippen molar-refractivity contribution in [3.05, 3.63) is 34.9 Å². The summed E-state index contributed by atoms with van der Waals surface area (Å²) >= 11 is 6.04. The van der Waals surface area contributed by atoms with Gasteiger partial charge in [-0.2, -0.15) is 0 Å². The summed E-state index contributed by atoms with van der Waals surface area (Å²) in [6.45, 7) is 2.78. The van der Waals surface area contributed by atoms with Crippen LogP contribution in [0.25, 0.3) is 0 Å². The van der Waals surface area contributed by atoms with Gasteiger partial charge in [0.25, 0.3) is 0 Å². The molecule has 0 fully saturated rings. The van der Waals surface area contributed by atoms with Gasteiger partial charge in [0.1, 0.15) is 6.61 Å². The van der Waals surface area contributed by atoms with Gasteiger partial charge >= 0.3 is 6.09 Å². The molecule has 16 heavy (non-hydrogen) atoms. The molecule has 1 unspecified atom stereocenters. The predicted octanol–water partition coefficient (Wildman–Crippen LogP) is 2.09. The number of carbonyl (C=O) groups excluding carboxylic acids is 1. The highest BCUT2D eigenvalue weighted by Gasteiger charge is 2.07. The van der Waals surface area contributed by atoms with Crippen molar-refractivity contribution >= 4 is 17.7 Å². The number of nitrogens with one attached hydrogen (secondary N) is 1. The highest BCUT2D eigenvalue weighted by molar-refractivity contribution is 6.31. The van der Waals surface area contributed by atoms with E-state index < -0.39 is 6.09 Å². The minimum atomic E-state index is -0.757. The molecule has 0 bridgehead atoms. The van der Waals surface area contributed by atoms with Crippen LogP contribution in [0.1, 0.15) is 18.5 Å². The van der Waals surface area contributed by atoms with Crippen LogP contribution >= 0.6 is 11.6 Å². The summed E-state index contributed by atoms with van der Waals surface area (Å²) in [7, 11) is 0. The van der Waals surface area contributed by atoms with Crippen LogP contribution in [0, 0.1) is 0 Å². The minimum absolute atomic E-state index is 0.102. The monoisotopic (exact) mass is 242 g/mol. The van der Waals surface area contributed by atoms with E-state index in [1.54, 1.807) is 0 Å². The molecule has 0 aromatic heterocycles. The number of hydrogen-bond donors (Lipinski definition) is 2. The summed E-state index contributed by atoms with van der Waals surface area (Å²) in [4.78, 5) is 10.3. The molecule has 0 radical (unpaired) electrons. The number of primary amides is 1. The number of ether oxygens (including phenoxy) is 1. The first-order chi connectivity index (χ1) is 7.61. The van der Waals surface area contributed by atoms with Crippen molar-refractivity contribution in [2.45, 2.75) is 13.0 Å². The standard InChI is InChI=1S/C11H15ClN2O2/c1-8(14-6-7-16-11(13)15)9-4-2-3-5-10(9)12/h2-5,8,14H,6-7H2,1H3,(H2,13,15). The first kappa shape index (κ1) is 12.8. The van der Waals surface area contributed by atoms with E-state index >= 15 is 0 Å². The minimum Gasteiger partial charge on any atom is -0.448 e. The van der Waals surface area contributed by atoms with Gasteiger partial charge < -0.3 is 15.8 Å². The van der Waals surface area contributed by atoms with Crippen molar-refractivity contribution < 1.29 is 9.53 Å². The van der Waals surface area contributed by atoms with Gasteiger partial charge in [-0.3, -0.25) is 0 Å². The molecule has 0 aliphatic carbocycles. The van der Waals surface area contributed by atoms with E-state index in [0.29, 0.717) is 6.54 Å². The van der Waals surface area contributed by atoms with Crippen molar-refractivity contribution in [3.63, 3.8) is 0 Å². The molecule has 1 aromatic rings. The predicted molar refractivity (Wildman–Crippen MR) is 63.4 cm³/mol. The Hall–Kier alpha value is -1.26. The van der Waals surface area contributed by atoms with E-state index in [2.05, 4.69) is 10.1 Å². The van der Waals surface area contributed by atoms with Crippen molar-refractivity contribution in [1.82, 2.24) is 5.32 Å². The molecule has 88 valence electrons. The Morgan fingerprint density at radius 2 is 2.25 bits per heavy atom. The largest absolute Gasteiger partial charge is 0.448 e. The van der Waals surface area contributed by atoms with E-state index in [-0.39, 0.29) is 12.6 Å². The summed E-state index contributed by atoms with van der Waals surface area (Å²) in [5, 5.41) is 3.90. The van der Waals surface area contributed by atoms with Gasteiger partial charge in [-0.1, -0.05) is 29.8 Å². The van der Waals surface area contributed by atoms with Crippen molar-refractivity contribution in [2.75, 3.05) is 13.2 Å². The molecule has 0 aliphatic rings. The average Bonchev–Trinajstić information content (AvgIpc) is 2.24. The van der Waals surface area contributed by atoms with Crippen LogP contribution in [0.2, 0.25) is 5.02 Å². The van der Waals surface area contributed by atoms with E-state index in [1.807, 2.05) is 31.2 Å². The molecular weight excluding hydrogens is 228 g/mol. The Morgan fingerprint density at radius 1 is 1.56 bits per heavy atom. The van der Waals surface area contributed by atoms with Crippen LogP contribution in [0.5, 0.6) is 0 Å². The molecule has 0 aliphatic heterocycles. The van der Waals surface area contributed by atoms with Crippen LogP contribution < -0.4 is 11.1 Å². The first-order valence-corrected chi connectivity index (χ1v) is 5.39. The second kappa shape index (κ2) is 6.35. The van der Waals surface area contributed by atoms with Gasteiger partial charge in [-0.15, -0.1) is 0 Å². The summed E-state index contributed by atoms with van der Waals surface area (Å²) in [5.74, 6) is 0. The number of halogens is 1. The van der Waals surface area contributed by atoms with E-state index in [1.165, 1.54) is 0 Å². The zero-order valence-electron chi connectivity index (χ0n) is 9.07. The molecule has 1 rings (SSSR count). The summed E-state index contributed by atoms with van der Waals surface area (Å²) < 4.78 is 4.60. The van der Waals surface area contributed by atoms with E-state index in [9.17, 15) is 4.79 Å². The molecule has 1 atom stereocenters. The van der Waals surface area contributed by atoms with E-state index in [0.717, 1.165) is 10.6 Å². The molecule has 0 saturated heterocycles. The molecule has 0 spiro atoms. The molecule has 1 aromatic carbocycles. The average molecular weight is 243 g/mol. The van der Waals surface area contributed by atoms with Gasteiger partial charge in [-0.25, -0.2) is 4.79 Å². The quantitative estimate of drug-likeness (QED) is 0.777. The topological polar surface area (TPSA) is 64.3 Å². The molecule has 5 heteroatoms. The SMILES string of the molecule is CC(NCCOC(N)=O)c1ccccc1Cl. The maximum atomic E-state index is 10.3. The van der Waals surface area contributed by atoms with Gasteiger partial charge in [0.15, 0.2) is 0 Å². The zero-order chi connectivity index (χ0) is 12.0. The van der Waals surface area contributed by atoms with Crippen LogP contribution in [0.3, 0.4) is 0 Å².